The lowest BCUT2D eigenvalue weighted by atomic mass is 10.0. The van der Waals surface area contributed by atoms with Gasteiger partial charge in [-0.25, -0.2) is 4.39 Å². The SMILES string of the molecule is CN1CCC2(F)CNCC12. The fourth-order valence-electron chi connectivity index (χ4n) is 2.04. The number of halogens is 1. The molecular weight excluding hydrogens is 131 g/mol. The summed E-state index contributed by atoms with van der Waals surface area (Å²) in [4.78, 5) is 2.11. The Morgan fingerprint density at radius 3 is 3.20 bits per heavy atom. The monoisotopic (exact) mass is 144 g/mol. The van der Waals surface area contributed by atoms with Crippen molar-refractivity contribution in [3.63, 3.8) is 0 Å². The highest BCUT2D eigenvalue weighted by atomic mass is 19.1. The van der Waals surface area contributed by atoms with E-state index in [-0.39, 0.29) is 6.04 Å². The second-order valence-corrected chi connectivity index (χ2v) is 3.41. The molecule has 0 saturated carbocycles. The first-order valence-electron chi connectivity index (χ1n) is 3.82. The Bertz CT molecular complexity index is 151. The summed E-state index contributed by atoms with van der Waals surface area (Å²) < 4.78 is 13.6. The minimum atomic E-state index is -0.908. The maximum absolute atomic E-state index is 13.6. The Morgan fingerprint density at radius 2 is 2.50 bits per heavy atom. The molecule has 0 aromatic rings. The molecule has 2 saturated heterocycles. The van der Waals surface area contributed by atoms with Crippen LogP contribution in [0.4, 0.5) is 4.39 Å². The van der Waals surface area contributed by atoms with E-state index in [2.05, 4.69) is 10.2 Å². The largest absolute Gasteiger partial charge is 0.312 e. The predicted molar refractivity (Wildman–Crippen MR) is 37.7 cm³/mol. The molecule has 2 aliphatic heterocycles. The highest BCUT2D eigenvalue weighted by molar-refractivity contribution is 5.06. The van der Waals surface area contributed by atoms with Gasteiger partial charge < -0.3 is 5.32 Å². The van der Waals surface area contributed by atoms with Gasteiger partial charge in [0.1, 0.15) is 5.67 Å². The van der Waals surface area contributed by atoms with Crippen LogP contribution in [0.5, 0.6) is 0 Å². The number of likely N-dealkylation sites (N-methyl/N-ethyl adjacent to an activating group) is 1. The zero-order valence-corrected chi connectivity index (χ0v) is 6.23. The maximum atomic E-state index is 13.6. The molecule has 0 radical (unpaired) electrons. The molecule has 3 heteroatoms. The Kier molecular flexibility index (Phi) is 1.26. The molecule has 2 nitrogen and oxygen atoms in total. The van der Waals surface area contributed by atoms with Gasteiger partial charge in [-0.15, -0.1) is 0 Å². The van der Waals surface area contributed by atoms with Gasteiger partial charge in [-0.1, -0.05) is 0 Å². The van der Waals surface area contributed by atoms with Crippen LogP contribution in [0.2, 0.25) is 0 Å². The van der Waals surface area contributed by atoms with Gasteiger partial charge in [0.05, 0.1) is 6.04 Å². The highest BCUT2D eigenvalue weighted by Crippen LogP contribution is 2.33. The summed E-state index contributed by atoms with van der Waals surface area (Å²) in [6.07, 6.45) is 0.709. The summed E-state index contributed by atoms with van der Waals surface area (Å²) >= 11 is 0. The van der Waals surface area contributed by atoms with E-state index >= 15 is 0 Å². The van der Waals surface area contributed by atoms with E-state index in [1.807, 2.05) is 7.05 Å². The second-order valence-electron chi connectivity index (χ2n) is 3.41. The molecule has 0 aliphatic carbocycles. The van der Waals surface area contributed by atoms with Gasteiger partial charge in [-0.3, -0.25) is 4.90 Å². The molecule has 2 heterocycles. The maximum Gasteiger partial charge on any atom is 0.141 e. The topological polar surface area (TPSA) is 15.3 Å². The number of alkyl halides is 1. The molecule has 2 rings (SSSR count). The summed E-state index contributed by atoms with van der Waals surface area (Å²) in [7, 11) is 2.00. The molecule has 2 atom stereocenters. The summed E-state index contributed by atoms with van der Waals surface area (Å²) in [6.45, 7) is 2.30. The van der Waals surface area contributed by atoms with Gasteiger partial charge in [-0.05, 0) is 13.5 Å². The molecule has 1 N–H and O–H groups in total. The summed E-state index contributed by atoms with van der Waals surface area (Å²) in [5, 5.41) is 3.08. The van der Waals surface area contributed by atoms with Crippen molar-refractivity contribution >= 4 is 0 Å². The summed E-state index contributed by atoms with van der Waals surface area (Å²) in [5.74, 6) is 0. The number of likely N-dealkylation sites (tertiary alicyclic amines) is 1. The van der Waals surface area contributed by atoms with Crippen LogP contribution >= 0.6 is 0 Å². The van der Waals surface area contributed by atoms with Crippen LogP contribution in [0.25, 0.3) is 0 Å². The van der Waals surface area contributed by atoms with Crippen LogP contribution in [0.15, 0.2) is 0 Å². The van der Waals surface area contributed by atoms with Gasteiger partial charge in [0.2, 0.25) is 0 Å². The number of fused-ring (bicyclic) bond motifs is 1. The van der Waals surface area contributed by atoms with E-state index in [1.54, 1.807) is 0 Å². The molecule has 0 bridgehead atoms. The fourth-order valence-corrected chi connectivity index (χ4v) is 2.04. The average Bonchev–Trinajstić information content (AvgIpc) is 2.35. The molecule has 58 valence electrons. The molecule has 2 unspecified atom stereocenters. The fraction of sp³-hybridized carbons (Fsp3) is 1.00. The first kappa shape index (κ1) is 6.55. The summed E-state index contributed by atoms with van der Waals surface area (Å²) in [5.41, 5.74) is -0.908. The van der Waals surface area contributed by atoms with Crippen molar-refractivity contribution in [3.8, 4) is 0 Å². The van der Waals surface area contributed by atoms with Crippen LogP contribution in [0, 0.1) is 0 Å². The average molecular weight is 144 g/mol. The Hall–Kier alpha value is -0.150. The zero-order valence-electron chi connectivity index (χ0n) is 6.23. The number of nitrogens with zero attached hydrogens (tertiary/aromatic N) is 1. The third-order valence-electron chi connectivity index (χ3n) is 2.77. The molecule has 0 aromatic carbocycles. The highest BCUT2D eigenvalue weighted by Gasteiger charge is 2.49. The van der Waals surface area contributed by atoms with E-state index in [0.717, 1.165) is 13.1 Å². The number of hydrogen-bond acceptors (Lipinski definition) is 2. The minimum Gasteiger partial charge on any atom is -0.312 e. The quantitative estimate of drug-likeness (QED) is 0.515. The third kappa shape index (κ3) is 0.705. The standard InChI is InChI=1S/C7H13FN2/c1-10-3-2-7(8)5-9-4-6(7)10/h6,9H,2-5H2,1H3. The van der Waals surface area contributed by atoms with Gasteiger partial charge in [-0.2, -0.15) is 0 Å². The predicted octanol–water partition coefficient (Wildman–Crippen LogP) is 0.00200. The second kappa shape index (κ2) is 1.92. The van der Waals surface area contributed by atoms with Crippen LogP contribution in [-0.4, -0.2) is 43.3 Å². The zero-order chi connectivity index (χ0) is 7.19. The lowest BCUT2D eigenvalue weighted by Crippen LogP contribution is -2.38. The Balaban J connectivity index is 2.19. The molecule has 10 heavy (non-hydrogen) atoms. The van der Waals surface area contributed by atoms with E-state index in [9.17, 15) is 4.39 Å². The smallest absolute Gasteiger partial charge is 0.141 e. The third-order valence-corrected chi connectivity index (χ3v) is 2.77. The molecule has 0 aromatic heterocycles. The van der Waals surface area contributed by atoms with Crippen LogP contribution < -0.4 is 5.32 Å². The van der Waals surface area contributed by atoms with Crippen molar-refractivity contribution in [2.24, 2.45) is 0 Å². The van der Waals surface area contributed by atoms with E-state index in [1.165, 1.54) is 0 Å². The molecular formula is C7H13FN2. The lowest BCUT2D eigenvalue weighted by molar-refractivity contribution is 0.154. The van der Waals surface area contributed by atoms with Crippen molar-refractivity contribution in [2.75, 3.05) is 26.7 Å². The molecule has 0 amide bonds. The Labute approximate surface area is 60.4 Å². The number of hydrogen-bond donors (Lipinski definition) is 1. The van der Waals surface area contributed by atoms with Crippen LogP contribution in [0.3, 0.4) is 0 Å². The van der Waals surface area contributed by atoms with Gasteiger partial charge in [0.15, 0.2) is 0 Å². The summed E-state index contributed by atoms with van der Waals surface area (Å²) in [6, 6.07) is 0.146. The number of nitrogens with one attached hydrogen (secondary N) is 1. The van der Waals surface area contributed by atoms with Gasteiger partial charge >= 0.3 is 0 Å². The first-order valence-corrected chi connectivity index (χ1v) is 3.82. The van der Waals surface area contributed by atoms with Crippen molar-refractivity contribution in [1.29, 1.82) is 0 Å². The van der Waals surface area contributed by atoms with E-state index in [0.29, 0.717) is 13.0 Å². The minimum absolute atomic E-state index is 0.146. The Morgan fingerprint density at radius 1 is 1.70 bits per heavy atom. The van der Waals surface area contributed by atoms with Crippen molar-refractivity contribution in [3.05, 3.63) is 0 Å². The molecule has 2 fully saturated rings. The normalized spacial score (nSPS) is 48.0. The molecule has 2 aliphatic rings. The lowest BCUT2D eigenvalue weighted by Gasteiger charge is -2.20. The molecule has 0 spiro atoms. The van der Waals surface area contributed by atoms with E-state index in [4.69, 9.17) is 0 Å². The first-order chi connectivity index (χ1) is 4.72. The van der Waals surface area contributed by atoms with Gasteiger partial charge in [0, 0.05) is 19.6 Å². The number of rotatable bonds is 0. The van der Waals surface area contributed by atoms with Crippen molar-refractivity contribution in [1.82, 2.24) is 10.2 Å². The van der Waals surface area contributed by atoms with Crippen molar-refractivity contribution in [2.45, 2.75) is 18.1 Å². The van der Waals surface area contributed by atoms with Crippen LogP contribution in [-0.2, 0) is 0 Å². The van der Waals surface area contributed by atoms with E-state index < -0.39 is 5.67 Å². The van der Waals surface area contributed by atoms with Crippen LogP contribution in [0.1, 0.15) is 6.42 Å². The van der Waals surface area contributed by atoms with Crippen molar-refractivity contribution < 1.29 is 4.39 Å². The van der Waals surface area contributed by atoms with Gasteiger partial charge in [0.25, 0.3) is 0 Å².